The van der Waals surface area contributed by atoms with Crippen molar-refractivity contribution in [3.63, 3.8) is 0 Å². The summed E-state index contributed by atoms with van der Waals surface area (Å²) < 4.78 is 5.24. The van der Waals surface area contributed by atoms with Crippen LogP contribution in [0, 0.1) is 0 Å². The summed E-state index contributed by atoms with van der Waals surface area (Å²) in [4.78, 5) is 4.44. The number of hydrogen-bond donors (Lipinski definition) is 1. The number of rotatable bonds is 4. The molecule has 0 unspecified atom stereocenters. The van der Waals surface area contributed by atoms with Gasteiger partial charge in [-0.3, -0.25) is 0 Å². The Morgan fingerprint density at radius 3 is 2.72 bits per heavy atom. The minimum atomic E-state index is 0.0429. The molecule has 0 atom stereocenters. The number of fused-ring (bicyclic) bond motifs is 1. The standard InChI is InChI=1S/C15H20N2O/c1-5-15(2,3)17-14-13-7-6-12(18-4)10-11(13)8-9-16-14/h6-10H,5H2,1-4H3,(H,16,17). The van der Waals surface area contributed by atoms with Gasteiger partial charge in [0.1, 0.15) is 11.6 Å². The summed E-state index contributed by atoms with van der Waals surface area (Å²) in [6.07, 6.45) is 2.87. The minimum absolute atomic E-state index is 0.0429. The zero-order valence-electron chi connectivity index (χ0n) is 11.4. The van der Waals surface area contributed by atoms with E-state index in [1.165, 1.54) is 0 Å². The van der Waals surface area contributed by atoms with E-state index < -0.39 is 0 Å². The van der Waals surface area contributed by atoms with E-state index in [0.29, 0.717) is 0 Å². The van der Waals surface area contributed by atoms with Gasteiger partial charge in [-0.1, -0.05) is 6.92 Å². The molecule has 0 bridgehead atoms. The first-order valence-electron chi connectivity index (χ1n) is 6.26. The maximum absolute atomic E-state index is 5.24. The fourth-order valence-electron chi connectivity index (χ4n) is 1.79. The minimum Gasteiger partial charge on any atom is -0.497 e. The summed E-state index contributed by atoms with van der Waals surface area (Å²) in [5.74, 6) is 1.80. The van der Waals surface area contributed by atoms with Crippen LogP contribution < -0.4 is 10.1 Å². The highest BCUT2D eigenvalue weighted by atomic mass is 16.5. The number of nitrogens with one attached hydrogen (secondary N) is 1. The Kier molecular flexibility index (Phi) is 3.41. The van der Waals surface area contributed by atoms with E-state index in [9.17, 15) is 0 Å². The fraction of sp³-hybridized carbons (Fsp3) is 0.400. The van der Waals surface area contributed by atoms with E-state index in [0.717, 1.165) is 28.8 Å². The average Bonchev–Trinajstić information content (AvgIpc) is 2.38. The second kappa shape index (κ2) is 4.84. The van der Waals surface area contributed by atoms with Gasteiger partial charge in [0.2, 0.25) is 0 Å². The molecule has 3 nitrogen and oxygen atoms in total. The van der Waals surface area contributed by atoms with Gasteiger partial charge in [0.15, 0.2) is 0 Å². The predicted octanol–water partition coefficient (Wildman–Crippen LogP) is 3.84. The predicted molar refractivity (Wildman–Crippen MR) is 76.3 cm³/mol. The number of hydrogen-bond acceptors (Lipinski definition) is 3. The third kappa shape index (κ3) is 2.55. The van der Waals surface area contributed by atoms with Crippen molar-refractivity contribution < 1.29 is 4.74 Å². The van der Waals surface area contributed by atoms with Crippen molar-refractivity contribution in [2.24, 2.45) is 0 Å². The number of pyridine rings is 1. The average molecular weight is 244 g/mol. The molecule has 2 aromatic rings. The molecule has 96 valence electrons. The second-order valence-electron chi connectivity index (χ2n) is 5.11. The van der Waals surface area contributed by atoms with Crippen LogP contribution in [0.1, 0.15) is 27.2 Å². The SMILES string of the molecule is CCC(C)(C)Nc1nccc2cc(OC)ccc12. The van der Waals surface area contributed by atoms with Crippen LogP contribution in [0.15, 0.2) is 30.5 Å². The largest absolute Gasteiger partial charge is 0.497 e. The normalized spacial score (nSPS) is 11.6. The summed E-state index contributed by atoms with van der Waals surface area (Å²) in [5, 5.41) is 5.76. The lowest BCUT2D eigenvalue weighted by Gasteiger charge is -2.26. The number of nitrogens with zero attached hydrogens (tertiary/aromatic N) is 1. The molecule has 0 aliphatic carbocycles. The second-order valence-corrected chi connectivity index (χ2v) is 5.11. The highest BCUT2D eigenvalue weighted by Crippen LogP contribution is 2.27. The highest BCUT2D eigenvalue weighted by molar-refractivity contribution is 5.92. The maximum atomic E-state index is 5.24. The number of anilines is 1. The molecule has 0 aliphatic heterocycles. The molecular formula is C15H20N2O. The van der Waals surface area contributed by atoms with Crippen molar-refractivity contribution in [1.29, 1.82) is 0 Å². The molecule has 1 aromatic heterocycles. The zero-order chi connectivity index (χ0) is 13.2. The smallest absolute Gasteiger partial charge is 0.134 e. The molecule has 0 aliphatic rings. The van der Waals surface area contributed by atoms with E-state index in [1.807, 2.05) is 24.4 Å². The van der Waals surface area contributed by atoms with Gasteiger partial charge in [-0.05, 0) is 49.9 Å². The highest BCUT2D eigenvalue weighted by Gasteiger charge is 2.16. The molecule has 0 radical (unpaired) electrons. The summed E-state index contributed by atoms with van der Waals surface area (Å²) in [6, 6.07) is 8.05. The van der Waals surface area contributed by atoms with Crippen LogP contribution in [-0.2, 0) is 0 Å². The molecule has 0 spiro atoms. The van der Waals surface area contributed by atoms with Gasteiger partial charge >= 0.3 is 0 Å². The van der Waals surface area contributed by atoms with Crippen LogP contribution in [0.4, 0.5) is 5.82 Å². The molecular weight excluding hydrogens is 224 g/mol. The molecule has 1 N–H and O–H groups in total. The molecule has 2 rings (SSSR count). The first-order valence-corrected chi connectivity index (χ1v) is 6.26. The fourth-order valence-corrected chi connectivity index (χ4v) is 1.79. The Morgan fingerprint density at radius 1 is 1.28 bits per heavy atom. The van der Waals surface area contributed by atoms with Gasteiger partial charge < -0.3 is 10.1 Å². The topological polar surface area (TPSA) is 34.2 Å². The van der Waals surface area contributed by atoms with Crippen molar-refractivity contribution in [3.05, 3.63) is 30.5 Å². The van der Waals surface area contributed by atoms with Crippen molar-refractivity contribution in [2.45, 2.75) is 32.7 Å². The zero-order valence-corrected chi connectivity index (χ0v) is 11.4. The lowest BCUT2D eigenvalue weighted by molar-refractivity contribution is 0.415. The van der Waals surface area contributed by atoms with Crippen molar-refractivity contribution in [2.75, 3.05) is 12.4 Å². The van der Waals surface area contributed by atoms with Crippen LogP contribution >= 0.6 is 0 Å². The molecule has 0 fully saturated rings. The summed E-state index contributed by atoms with van der Waals surface area (Å²) in [7, 11) is 1.68. The monoisotopic (exact) mass is 244 g/mol. The van der Waals surface area contributed by atoms with Crippen molar-refractivity contribution >= 4 is 16.6 Å². The molecule has 0 saturated heterocycles. The molecule has 0 amide bonds. The van der Waals surface area contributed by atoms with Crippen LogP contribution in [0.5, 0.6) is 5.75 Å². The van der Waals surface area contributed by atoms with Crippen LogP contribution in [-0.4, -0.2) is 17.6 Å². The van der Waals surface area contributed by atoms with Gasteiger partial charge in [0, 0.05) is 17.1 Å². The van der Waals surface area contributed by atoms with Crippen LogP contribution in [0.25, 0.3) is 10.8 Å². The number of aromatic nitrogens is 1. The third-order valence-corrected chi connectivity index (χ3v) is 3.31. The van der Waals surface area contributed by atoms with E-state index in [-0.39, 0.29) is 5.54 Å². The molecule has 18 heavy (non-hydrogen) atoms. The lowest BCUT2D eigenvalue weighted by atomic mass is 10.0. The summed E-state index contributed by atoms with van der Waals surface area (Å²) in [6.45, 7) is 6.52. The Balaban J connectivity index is 2.46. The lowest BCUT2D eigenvalue weighted by Crippen LogP contribution is -2.30. The summed E-state index contributed by atoms with van der Waals surface area (Å²) in [5.41, 5.74) is 0.0429. The van der Waals surface area contributed by atoms with E-state index in [4.69, 9.17) is 4.74 Å². The molecule has 1 aromatic carbocycles. The van der Waals surface area contributed by atoms with Crippen LogP contribution in [0.3, 0.4) is 0 Å². The Bertz CT molecular complexity index is 549. The van der Waals surface area contributed by atoms with E-state index >= 15 is 0 Å². The van der Waals surface area contributed by atoms with Gasteiger partial charge in [0.05, 0.1) is 7.11 Å². The summed E-state index contributed by atoms with van der Waals surface area (Å²) >= 11 is 0. The first-order chi connectivity index (χ1) is 8.55. The van der Waals surface area contributed by atoms with Crippen molar-refractivity contribution in [3.8, 4) is 5.75 Å². The maximum Gasteiger partial charge on any atom is 0.134 e. The number of benzene rings is 1. The Morgan fingerprint density at radius 2 is 2.06 bits per heavy atom. The van der Waals surface area contributed by atoms with Gasteiger partial charge in [-0.2, -0.15) is 0 Å². The Labute approximate surface area is 108 Å². The van der Waals surface area contributed by atoms with Gasteiger partial charge in [-0.15, -0.1) is 0 Å². The van der Waals surface area contributed by atoms with Crippen LogP contribution in [0.2, 0.25) is 0 Å². The molecule has 0 saturated carbocycles. The van der Waals surface area contributed by atoms with Gasteiger partial charge in [0.25, 0.3) is 0 Å². The van der Waals surface area contributed by atoms with Crippen molar-refractivity contribution in [1.82, 2.24) is 4.98 Å². The Hall–Kier alpha value is -1.77. The van der Waals surface area contributed by atoms with E-state index in [1.54, 1.807) is 7.11 Å². The molecule has 3 heteroatoms. The third-order valence-electron chi connectivity index (χ3n) is 3.31. The first kappa shape index (κ1) is 12.7. The number of methoxy groups -OCH3 is 1. The molecule has 1 heterocycles. The quantitative estimate of drug-likeness (QED) is 0.887. The van der Waals surface area contributed by atoms with Gasteiger partial charge in [-0.25, -0.2) is 4.98 Å². The van der Waals surface area contributed by atoms with E-state index in [2.05, 4.69) is 37.1 Å². The number of ether oxygens (including phenoxy) is 1.